The van der Waals surface area contributed by atoms with Crippen LogP contribution in [0.25, 0.3) is 0 Å². The monoisotopic (exact) mass is 195 g/mol. The summed E-state index contributed by atoms with van der Waals surface area (Å²) in [5.74, 6) is 0.442. The molecule has 0 spiro atoms. The third kappa shape index (κ3) is 1.72. The molecule has 1 heterocycles. The van der Waals surface area contributed by atoms with Crippen LogP contribution in [-0.2, 0) is 4.79 Å². The van der Waals surface area contributed by atoms with Crippen LogP contribution in [0, 0.1) is 5.41 Å². The Morgan fingerprint density at radius 3 is 2.36 bits per heavy atom. The second-order valence-electron chi connectivity index (χ2n) is 5.63. The maximum atomic E-state index is 12.1. The summed E-state index contributed by atoms with van der Waals surface area (Å²) in [5, 5.41) is 3.35. The molecule has 2 heteroatoms. The van der Waals surface area contributed by atoms with Crippen LogP contribution in [0.5, 0.6) is 0 Å². The van der Waals surface area contributed by atoms with Crippen LogP contribution in [0.15, 0.2) is 0 Å². The fourth-order valence-electron chi connectivity index (χ4n) is 2.67. The Morgan fingerprint density at radius 2 is 1.93 bits per heavy atom. The van der Waals surface area contributed by atoms with Gasteiger partial charge in [-0.25, -0.2) is 0 Å². The summed E-state index contributed by atoms with van der Waals surface area (Å²) >= 11 is 0. The third-order valence-electron chi connectivity index (χ3n) is 4.13. The van der Waals surface area contributed by atoms with E-state index in [0.717, 1.165) is 25.8 Å². The quantitative estimate of drug-likeness (QED) is 0.748. The van der Waals surface area contributed by atoms with Crippen LogP contribution in [-0.4, -0.2) is 17.9 Å². The lowest BCUT2D eigenvalue weighted by Crippen LogP contribution is -2.47. The topological polar surface area (TPSA) is 29.1 Å². The number of nitrogens with one attached hydrogen (secondary N) is 1. The van der Waals surface area contributed by atoms with Gasteiger partial charge in [0.1, 0.15) is 0 Å². The van der Waals surface area contributed by atoms with Gasteiger partial charge >= 0.3 is 0 Å². The van der Waals surface area contributed by atoms with Crippen molar-refractivity contribution < 1.29 is 4.79 Å². The molecule has 1 atom stereocenters. The van der Waals surface area contributed by atoms with E-state index in [1.54, 1.807) is 0 Å². The van der Waals surface area contributed by atoms with Crippen molar-refractivity contribution in [3.63, 3.8) is 0 Å². The summed E-state index contributed by atoms with van der Waals surface area (Å²) in [4.78, 5) is 12.1. The number of carbonyl (C=O) groups excluding carboxylic acids is 1. The van der Waals surface area contributed by atoms with Crippen molar-refractivity contribution in [3.8, 4) is 0 Å². The first-order chi connectivity index (χ1) is 6.54. The number of rotatable bonds is 3. The molecule has 0 aromatic heterocycles. The van der Waals surface area contributed by atoms with E-state index >= 15 is 0 Å². The number of hydrogen-bond acceptors (Lipinski definition) is 2. The number of Topliss-reactive ketones (excluding diaryl/α,β-unsaturated/α-hetero) is 1. The number of ketones is 1. The van der Waals surface area contributed by atoms with Crippen molar-refractivity contribution in [1.82, 2.24) is 5.32 Å². The summed E-state index contributed by atoms with van der Waals surface area (Å²) in [6.45, 7) is 5.34. The van der Waals surface area contributed by atoms with Gasteiger partial charge in [0.05, 0.1) is 5.54 Å². The van der Waals surface area contributed by atoms with Crippen LogP contribution in [0.3, 0.4) is 0 Å². The zero-order valence-corrected chi connectivity index (χ0v) is 9.36. The first kappa shape index (κ1) is 10.2. The molecule has 1 unspecified atom stereocenters. The molecule has 2 nitrogen and oxygen atoms in total. The molecule has 1 saturated heterocycles. The van der Waals surface area contributed by atoms with Gasteiger partial charge in [-0.1, -0.05) is 13.3 Å². The van der Waals surface area contributed by atoms with E-state index in [-0.39, 0.29) is 5.54 Å². The minimum atomic E-state index is -0.196. The first-order valence-electron chi connectivity index (χ1n) is 5.83. The molecule has 2 aliphatic rings. The van der Waals surface area contributed by atoms with Crippen molar-refractivity contribution in [2.75, 3.05) is 6.54 Å². The fourth-order valence-corrected chi connectivity index (χ4v) is 2.67. The van der Waals surface area contributed by atoms with Crippen LogP contribution in [0.2, 0.25) is 0 Å². The van der Waals surface area contributed by atoms with E-state index in [4.69, 9.17) is 0 Å². The van der Waals surface area contributed by atoms with Gasteiger partial charge in [-0.05, 0) is 44.6 Å². The highest BCUT2D eigenvalue weighted by Crippen LogP contribution is 2.44. The SMILES string of the molecule is CC1(CC(=O)C2(C)CCCN2)CCC1. The lowest BCUT2D eigenvalue weighted by molar-refractivity contribution is -0.127. The molecule has 0 bridgehead atoms. The summed E-state index contributed by atoms with van der Waals surface area (Å²) in [7, 11) is 0. The van der Waals surface area contributed by atoms with Crippen LogP contribution in [0.4, 0.5) is 0 Å². The summed E-state index contributed by atoms with van der Waals surface area (Å²) in [6, 6.07) is 0. The molecule has 14 heavy (non-hydrogen) atoms. The number of carbonyl (C=O) groups is 1. The molecule has 1 saturated carbocycles. The molecule has 2 rings (SSSR count). The van der Waals surface area contributed by atoms with Crippen LogP contribution < -0.4 is 5.32 Å². The molecule has 2 fully saturated rings. The zero-order chi connectivity index (χ0) is 10.2. The van der Waals surface area contributed by atoms with Gasteiger partial charge in [-0.15, -0.1) is 0 Å². The Morgan fingerprint density at radius 1 is 1.21 bits per heavy atom. The van der Waals surface area contributed by atoms with Gasteiger partial charge in [-0.3, -0.25) is 4.79 Å². The lowest BCUT2D eigenvalue weighted by atomic mass is 9.66. The Kier molecular flexibility index (Phi) is 2.42. The maximum absolute atomic E-state index is 12.1. The van der Waals surface area contributed by atoms with Crippen molar-refractivity contribution in [1.29, 1.82) is 0 Å². The van der Waals surface area contributed by atoms with Gasteiger partial charge in [-0.2, -0.15) is 0 Å². The average molecular weight is 195 g/mol. The first-order valence-corrected chi connectivity index (χ1v) is 5.83. The van der Waals surface area contributed by atoms with Gasteiger partial charge in [0.15, 0.2) is 5.78 Å². The molecular formula is C12H21NO. The van der Waals surface area contributed by atoms with Crippen molar-refractivity contribution >= 4 is 5.78 Å². The highest BCUT2D eigenvalue weighted by Gasteiger charge is 2.41. The van der Waals surface area contributed by atoms with Gasteiger partial charge in [0, 0.05) is 6.42 Å². The highest BCUT2D eigenvalue weighted by molar-refractivity contribution is 5.88. The summed E-state index contributed by atoms with van der Waals surface area (Å²) < 4.78 is 0. The predicted octanol–water partition coefficient (Wildman–Crippen LogP) is 2.28. The summed E-state index contributed by atoms with van der Waals surface area (Å²) in [5.41, 5.74) is 0.142. The zero-order valence-electron chi connectivity index (χ0n) is 9.36. The lowest BCUT2D eigenvalue weighted by Gasteiger charge is -2.39. The minimum Gasteiger partial charge on any atom is -0.305 e. The minimum absolute atomic E-state index is 0.196. The Bertz CT molecular complexity index is 237. The van der Waals surface area contributed by atoms with Gasteiger partial charge in [0.25, 0.3) is 0 Å². The second-order valence-corrected chi connectivity index (χ2v) is 5.63. The molecule has 0 amide bonds. The Labute approximate surface area is 86.5 Å². The second kappa shape index (κ2) is 3.34. The van der Waals surface area contributed by atoms with E-state index in [1.165, 1.54) is 19.3 Å². The third-order valence-corrected chi connectivity index (χ3v) is 4.13. The average Bonchev–Trinajstić information content (AvgIpc) is 2.51. The maximum Gasteiger partial charge on any atom is 0.153 e. The predicted molar refractivity (Wildman–Crippen MR) is 57.2 cm³/mol. The van der Waals surface area contributed by atoms with E-state index in [9.17, 15) is 4.79 Å². The molecule has 0 aromatic carbocycles. The molecule has 1 N–H and O–H groups in total. The van der Waals surface area contributed by atoms with Crippen molar-refractivity contribution in [2.24, 2.45) is 5.41 Å². The van der Waals surface area contributed by atoms with Gasteiger partial charge in [0.2, 0.25) is 0 Å². The van der Waals surface area contributed by atoms with Crippen molar-refractivity contribution in [2.45, 2.75) is 57.9 Å². The van der Waals surface area contributed by atoms with E-state index in [1.807, 2.05) is 0 Å². The smallest absolute Gasteiger partial charge is 0.153 e. The Hall–Kier alpha value is -0.370. The molecule has 1 aliphatic heterocycles. The van der Waals surface area contributed by atoms with E-state index < -0.39 is 0 Å². The van der Waals surface area contributed by atoms with Crippen LogP contribution in [0.1, 0.15) is 52.4 Å². The largest absolute Gasteiger partial charge is 0.305 e. The molecule has 80 valence electrons. The van der Waals surface area contributed by atoms with Gasteiger partial charge < -0.3 is 5.32 Å². The van der Waals surface area contributed by atoms with Crippen LogP contribution >= 0.6 is 0 Å². The molecule has 1 aliphatic carbocycles. The Balaban J connectivity index is 1.94. The molecule has 0 radical (unpaired) electrons. The number of hydrogen-bond donors (Lipinski definition) is 1. The molecular weight excluding hydrogens is 174 g/mol. The van der Waals surface area contributed by atoms with E-state index in [2.05, 4.69) is 19.2 Å². The van der Waals surface area contributed by atoms with Crippen molar-refractivity contribution in [3.05, 3.63) is 0 Å². The fraction of sp³-hybridized carbons (Fsp3) is 0.917. The standard InChI is InChI=1S/C12H21NO/c1-11(5-3-6-11)9-10(14)12(2)7-4-8-13-12/h13H,3-9H2,1-2H3. The highest BCUT2D eigenvalue weighted by atomic mass is 16.1. The molecule has 0 aromatic rings. The normalized spacial score (nSPS) is 35.3. The van der Waals surface area contributed by atoms with E-state index in [0.29, 0.717) is 11.2 Å². The summed E-state index contributed by atoms with van der Waals surface area (Å²) in [6.07, 6.45) is 6.77.